The summed E-state index contributed by atoms with van der Waals surface area (Å²) < 4.78 is 0. The molecule has 2 N–H and O–H groups in total. The van der Waals surface area contributed by atoms with E-state index in [1.807, 2.05) is 12.1 Å². The highest BCUT2D eigenvalue weighted by Crippen LogP contribution is 2.15. The number of halogens is 2. The fourth-order valence-corrected chi connectivity index (χ4v) is 2.10. The lowest BCUT2D eigenvalue weighted by atomic mass is 10.2. The molecule has 4 nitrogen and oxygen atoms in total. The number of anilines is 1. The molecule has 2 aromatic carbocycles. The van der Waals surface area contributed by atoms with E-state index >= 15 is 0 Å². The van der Waals surface area contributed by atoms with Gasteiger partial charge < -0.3 is 10.6 Å². The number of nitrogens with one attached hydrogen (secondary N) is 2. The van der Waals surface area contributed by atoms with Crippen molar-refractivity contribution in [2.45, 2.75) is 13.0 Å². The quantitative estimate of drug-likeness (QED) is 0.819. The molecule has 2 aromatic rings. The van der Waals surface area contributed by atoms with E-state index in [1.54, 1.807) is 36.4 Å². The summed E-state index contributed by atoms with van der Waals surface area (Å²) in [5.41, 5.74) is 1.47. The van der Waals surface area contributed by atoms with Crippen LogP contribution in [0.4, 0.5) is 5.69 Å². The third kappa shape index (κ3) is 5.39. The number of carbonyl (C=O) groups excluding carboxylic acids is 2. The minimum Gasteiger partial charge on any atom is -0.352 e. The maximum Gasteiger partial charge on any atom is 0.233 e. The third-order valence-electron chi connectivity index (χ3n) is 2.83. The second-order valence-electron chi connectivity index (χ2n) is 4.64. The summed E-state index contributed by atoms with van der Waals surface area (Å²) in [5.74, 6) is -0.745. The van der Waals surface area contributed by atoms with Crippen LogP contribution in [0, 0.1) is 0 Å². The molecule has 0 atom stereocenters. The molecule has 0 saturated heterocycles. The molecule has 0 fully saturated rings. The number of benzene rings is 2. The first-order valence-electron chi connectivity index (χ1n) is 6.59. The molecule has 0 unspecified atom stereocenters. The molecule has 0 aliphatic heterocycles. The van der Waals surface area contributed by atoms with Gasteiger partial charge in [0.05, 0.1) is 0 Å². The predicted octanol–water partition coefficient (Wildman–Crippen LogP) is 3.64. The fraction of sp³-hybridized carbons (Fsp3) is 0.125. The molecular weight excluding hydrogens is 323 g/mol. The van der Waals surface area contributed by atoms with E-state index in [9.17, 15) is 9.59 Å². The minimum atomic E-state index is -0.393. The van der Waals surface area contributed by atoms with Gasteiger partial charge in [-0.1, -0.05) is 41.4 Å². The summed E-state index contributed by atoms with van der Waals surface area (Å²) in [6.07, 6.45) is -0.250. The highest BCUT2D eigenvalue weighted by molar-refractivity contribution is 6.31. The zero-order valence-electron chi connectivity index (χ0n) is 11.6. The average molecular weight is 337 g/mol. The Morgan fingerprint density at radius 3 is 2.32 bits per heavy atom. The van der Waals surface area contributed by atoms with Crippen molar-refractivity contribution in [3.8, 4) is 0 Å². The molecule has 0 heterocycles. The Kier molecular flexibility index (Phi) is 5.81. The highest BCUT2D eigenvalue weighted by atomic mass is 35.5. The van der Waals surface area contributed by atoms with Crippen molar-refractivity contribution in [1.82, 2.24) is 5.32 Å². The van der Waals surface area contributed by atoms with Crippen LogP contribution in [0.5, 0.6) is 0 Å². The molecule has 0 spiro atoms. The van der Waals surface area contributed by atoms with Crippen LogP contribution in [-0.2, 0) is 16.1 Å². The van der Waals surface area contributed by atoms with Crippen molar-refractivity contribution < 1.29 is 9.59 Å². The standard InChI is InChI=1S/C16H14Cl2N2O2/c17-12-6-4-11(5-7-12)10-19-15(21)9-16(22)20-14-3-1-2-13(18)8-14/h1-8H,9-10H2,(H,19,21)(H,20,22). The lowest BCUT2D eigenvalue weighted by Crippen LogP contribution is -2.27. The van der Waals surface area contributed by atoms with Crippen molar-refractivity contribution in [3.63, 3.8) is 0 Å². The molecule has 0 aliphatic rings. The molecule has 0 bridgehead atoms. The molecule has 6 heteroatoms. The Morgan fingerprint density at radius 2 is 1.64 bits per heavy atom. The average Bonchev–Trinajstić information content (AvgIpc) is 2.46. The van der Waals surface area contributed by atoms with Crippen LogP contribution >= 0.6 is 23.2 Å². The van der Waals surface area contributed by atoms with E-state index in [1.165, 1.54) is 0 Å². The van der Waals surface area contributed by atoms with Gasteiger partial charge in [0, 0.05) is 22.3 Å². The first kappa shape index (κ1) is 16.3. The third-order valence-corrected chi connectivity index (χ3v) is 3.32. The lowest BCUT2D eigenvalue weighted by molar-refractivity contribution is -0.126. The molecule has 2 amide bonds. The van der Waals surface area contributed by atoms with E-state index in [2.05, 4.69) is 10.6 Å². The fourth-order valence-electron chi connectivity index (χ4n) is 1.78. The summed E-state index contributed by atoms with van der Waals surface area (Å²) in [7, 11) is 0. The largest absolute Gasteiger partial charge is 0.352 e. The summed E-state index contributed by atoms with van der Waals surface area (Å²) >= 11 is 11.6. The minimum absolute atomic E-state index is 0.250. The van der Waals surface area contributed by atoms with Gasteiger partial charge >= 0.3 is 0 Å². The summed E-state index contributed by atoms with van der Waals surface area (Å²) in [4.78, 5) is 23.5. The smallest absolute Gasteiger partial charge is 0.233 e. The van der Waals surface area contributed by atoms with Gasteiger partial charge in [0.15, 0.2) is 0 Å². The van der Waals surface area contributed by atoms with E-state index in [0.717, 1.165) is 5.56 Å². The molecule has 2 rings (SSSR count). The van der Waals surface area contributed by atoms with E-state index in [4.69, 9.17) is 23.2 Å². The Labute approximate surface area is 138 Å². The second-order valence-corrected chi connectivity index (χ2v) is 5.51. The van der Waals surface area contributed by atoms with Crippen molar-refractivity contribution in [1.29, 1.82) is 0 Å². The zero-order valence-corrected chi connectivity index (χ0v) is 13.1. The second kappa shape index (κ2) is 7.82. The number of hydrogen-bond acceptors (Lipinski definition) is 2. The van der Waals surface area contributed by atoms with Gasteiger partial charge in [0.2, 0.25) is 11.8 Å². The van der Waals surface area contributed by atoms with Crippen LogP contribution in [0.25, 0.3) is 0 Å². The predicted molar refractivity (Wildman–Crippen MR) is 88.0 cm³/mol. The van der Waals surface area contributed by atoms with Gasteiger partial charge in [-0.15, -0.1) is 0 Å². The van der Waals surface area contributed by atoms with Gasteiger partial charge in [0.1, 0.15) is 6.42 Å². The van der Waals surface area contributed by atoms with Crippen molar-refractivity contribution >= 4 is 40.7 Å². The van der Waals surface area contributed by atoms with Crippen LogP contribution in [-0.4, -0.2) is 11.8 Å². The Bertz CT molecular complexity index is 672. The first-order valence-corrected chi connectivity index (χ1v) is 7.35. The Hall–Kier alpha value is -2.04. The molecule has 0 saturated carbocycles. The zero-order chi connectivity index (χ0) is 15.9. The highest BCUT2D eigenvalue weighted by Gasteiger charge is 2.09. The van der Waals surface area contributed by atoms with Gasteiger partial charge in [-0.2, -0.15) is 0 Å². The van der Waals surface area contributed by atoms with Crippen LogP contribution in [0.15, 0.2) is 48.5 Å². The Morgan fingerprint density at radius 1 is 0.909 bits per heavy atom. The van der Waals surface area contributed by atoms with E-state index < -0.39 is 5.91 Å². The van der Waals surface area contributed by atoms with Gasteiger partial charge in [-0.3, -0.25) is 9.59 Å². The van der Waals surface area contributed by atoms with Gasteiger partial charge in [-0.25, -0.2) is 0 Å². The van der Waals surface area contributed by atoms with Gasteiger partial charge in [0.25, 0.3) is 0 Å². The molecule has 22 heavy (non-hydrogen) atoms. The monoisotopic (exact) mass is 336 g/mol. The number of carbonyl (C=O) groups is 2. The lowest BCUT2D eigenvalue weighted by Gasteiger charge is -2.07. The van der Waals surface area contributed by atoms with Gasteiger partial charge in [-0.05, 0) is 35.9 Å². The molecule has 0 aromatic heterocycles. The van der Waals surface area contributed by atoms with Crippen LogP contribution in [0.2, 0.25) is 10.0 Å². The molecule has 0 radical (unpaired) electrons. The maximum absolute atomic E-state index is 11.8. The Balaban J connectivity index is 1.79. The molecular formula is C16H14Cl2N2O2. The van der Waals surface area contributed by atoms with Crippen molar-refractivity contribution in [2.24, 2.45) is 0 Å². The summed E-state index contributed by atoms with van der Waals surface area (Å²) in [6, 6.07) is 13.9. The van der Waals surface area contributed by atoms with Crippen LogP contribution in [0.1, 0.15) is 12.0 Å². The van der Waals surface area contributed by atoms with Crippen molar-refractivity contribution in [3.05, 3.63) is 64.1 Å². The number of amides is 2. The van der Waals surface area contributed by atoms with E-state index in [0.29, 0.717) is 22.3 Å². The van der Waals surface area contributed by atoms with Crippen LogP contribution in [0.3, 0.4) is 0 Å². The SMILES string of the molecule is O=C(CC(=O)Nc1cccc(Cl)c1)NCc1ccc(Cl)cc1. The molecule has 114 valence electrons. The summed E-state index contributed by atoms with van der Waals surface area (Å²) in [5, 5.41) is 6.45. The molecule has 0 aliphatic carbocycles. The summed E-state index contributed by atoms with van der Waals surface area (Å²) in [6.45, 7) is 0.348. The number of rotatable bonds is 5. The van der Waals surface area contributed by atoms with Crippen LogP contribution < -0.4 is 10.6 Å². The van der Waals surface area contributed by atoms with Crippen molar-refractivity contribution in [2.75, 3.05) is 5.32 Å². The van der Waals surface area contributed by atoms with E-state index in [-0.39, 0.29) is 12.3 Å². The normalized spacial score (nSPS) is 10.1. The topological polar surface area (TPSA) is 58.2 Å². The number of hydrogen-bond donors (Lipinski definition) is 2. The maximum atomic E-state index is 11.8. The first-order chi connectivity index (χ1) is 10.5.